The van der Waals surface area contributed by atoms with Gasteiger partial charge in [0.1, 0.15) is 0 Å². The van der Waals surface area contributed by atoms with Crippen LogP contribution < -0.4 is 5.32 Å². The fourth-order valence-corrected chi connectivity index (χ4v) is 3.30. The van der Waals surface area contributed by atoms with E-state index in [9.17, 15) is 0 Å². The molecule has 1 fully saturated rings. The Morgan fingerprint density at radius 1 is 1.37 bits per heavy atom. The summed E-state index contributed by atoms with van der Waals surface area (Å²) in [6.45, 7) is 8.09. The van der Waals surface area contributed by atoms with E-state index in [0.717, 1.165) is 35.4 Å². The standard InChI is InChI=1S/C15H26ClN3/c1-4-19-14(15(16)12(3)18-19)10-17-11(2)13-8-6-5-7-9-13/h11,13,17H,4-10H2,1-3H3/t11-/m1/s1. The third-order valence-electron chi connectivity index (χ3n) is 4.40. The van der Waals surface area contributed by atoms with E-state index >= 15 is 0 Å². The molecule has 1 aromatic rings. The Morgan fingerprint density at radius 3 is 2.68 bits per heavy atom. The molecule has 0 radical (unpaired) electrons. The predicted octanol–water partition coefficient (Wildman–Crippen LogP) is 3.92. The summed E-state index contributed by atoms with van der Waals surface area (Å²) in [6, 6.07) is 0.567. The molecule has 1 saturated carbocycles. The lowest BCUT2D eigenvalue weighted by Crippen LogP contribution is -2.34. The van der Waals surface area contributed by atoms with Crippen LogP contribution in [0.15, 0.2) is 0 Å². The number of nitrogens with zero attached hydrogens (tertiary/aromatic N) is 2. The number of halogens is 1. The molecule has 0 aromatic carbocycles. The Kier molecular flexibility index (Phi) is 5.28. The van der Waals surface area contributed by atoms with Gasteiger partial charge >= 0.3 is 0 Å². The van der Waals surface area contributed by atoms with Crippen LogP contribution >= 0.6 is 11.6 Å². The van der Waals surface area contributed by atoms with E-state index in [0.29, 0.717) is 6.04 Å². The smallest absolute Gasteiger partial charge is 0.0860 e. The normalized spacial score (nSPS) is 18.7. The Bertz CT molecular complexity index is 408. The van der Waals surface area contributed by atoms with Crippen molar-refractivity contribution in [2.45, 2.75) is 72.0 Å². The second-order valence-corrected chi connectivity index (χ2v) is 6.11. The zero-order valence-electron chi connectivity index (χ0n) is 12.4. The van der Waals surface area contributed by atoms with E-state index in [4.69, 9.17) is 11.6 Å². The molecule has 3 nitrogen and oxygen atoms in total. The highest BCUT2D eigenvalue weighted by molar-refractivity contribution is 6.31. The van der Waals surface area contributed by atoms with Crippen molar-refractivity contribution in [3.05, 3.63) is 16.4 Å². The Hall–Kier alpha value is -0.540. The highest BCUT2D eigenvalue weighted by atomic mass is 35.5. The monoisotopic (exact) mass is 283 g/mol. The van der Waals surface area contributed by atoms with Crippen molar-refractivity contribution in [3.8, 4) is 0 Å². The third kappa shape index (κ3) is 3.51. The van der Waals surface area contributed by atoms with Crippen LogP contribution in [0, 0.1) is 12.8 Å². The fraction of sp³-hybridized carbons (Fsp3) is 0.800. The quantitative estimate of drug-likeness (QED) is 0.887. The molecule has 1 aromatic heterocycles. The van der Waals surface area contributed by atoms with Crippen molar-refractivity contribution in [3.63, 3.8) is 0 Å². The van der Waals surface area contributed by atoms with Gasteiger partial charge in [-0.05, 0) is 39.5 Å². The van der Waals surface area contributed by atoms with Crippen molar-refractivity contribution in [2.75, 3.05) is 0 Å². The minimum atomic E-state index is 0.567. The third-order valence-corrected chi connectivity index (χ3v) is 4.89. The van der Waals surface area contributed by atoms with E-state index in [2.05, 4.69) is 24.3 Å². The summed E-state index contributed by atoms with van der Waals surface area (Å²) in [4.78, 5) is 0. The summed E-state index contributed by atoms with van der Waals surface area (Å²) < 4.78 is 2.01. The zero-order valence-corrected chi connectivity index (χ0v) is 13.1. The van der Waals surface area contributed by atoms with Gasteiger partial charge in [0.25, 0.3) is 0 Å². The average molecular weight is 284 g/mol. The first kappa shape index (κ1) is 14.9. The molecule has 4 heteroatoms. The first-order chi connectivity index (χ1) is 9.13. The lowest BCUT2D eigenvalue weighted by molar-refractivity contribution is 0.279. The summed E-state index contributed by atoms with van der Waals surface area (Å²) >= 11 is 6.34. The molecule has 0 amide bonds. The number of nitrogens with one attached hydrogen (secondary N) is 1. The lowest BCUT2D eigenvalue weighted by Gasteiger charge is -2.28. The largest absolute Gasteiger partial charge is 0.308 e. The second kappa shape index (κ2) is 6.76. The maximum absolute atomic E-state index is 6.34. The minimum absolute atomic E-state index is 0.567. The average Bonchev–Trinajstić information content (AvgIpc) is 2.72. The van der Waals surface area contributed by atoms with Gasteiger partial charge in [0.2, 0.25) is 0 Å². The summed E-state index contributed by atoms with van der Waals surface area (Å²) in [5.74, 6) is 0.826. The van der Waals surface area contributed by atoms with Crippen LogP contribution in [0.25, 0.3) is 0 Å². The van der Waals surface area contributed by atoms with Crippen molar-refractivity contribution < 1.29 is 0 Å². The highest BCUT2D eigenvalue weighted by Crippen LogP contribution is 2.27. The molecule has 0 saturated heterocycles. The first-order valence-corrected chi connectivity index (χ1v) is 7.96. The molecule has 19 heavy (non-hydrogen) atoms. The Labute approximate surface area is 121 Å². The molecule has 1 aliphatic carbocycles. The molecule has 1 heterocycles. The van der Waals surface area contributed by atoms with Crippen LogP contribution in [0.4, 0.5) is 0 Å². The van der Waals surface area contributed by atoms with Crippen LogP contribution in [0.5, 0.6) is 0 Å². The van der Waals surface area contributed by atoms with Gasteiger partial charge in [0.05, 0.1) is 16.4 Å². The topological polar surface area (TPSA) is 29.9 Å². The molecule has 0 aliphatic heterocycles. The summed E-state index contributed by atoms with van der Waals surface area (Å²) in [5, 5.41) is 8.94. The van der Waals surface area contributed by atoms with Crippen molar-refractivity contribution in [1.82, 2.24) is 15.1 Å². The van der Waals surface area contributed by atoms with E-state index in [1.54, 1.807) is 0 Å². The zero-order chi connectivity index (χ0) is 13.8. The van der Waals surface area contributed by atoms with Crippen molar-refractivity contribution >= 4 is 11.6 Å². The van der Waals surface area contributed by atoms with E-state index < -0.39 is 0 Å². The number of aryl methyl sites for hydroxylation is 2. The van der Waals surface area contributed by atoms with Gasteiger partial charge in [-0.3, -0.25) is 4.68 Å². The SMILES string of the molecule is CCn1nc(C)c(Cl)c1CN[C@H](C)C1CCCCC1. The second-order valence-electron chi connectivity index (χ2n) is 5.73. The van der Waals surface area contributed by atoms with E-state index in [1.165, 1.54) is 32.1 Å². The summed E-state index contributed by atoms with van der Waals surface area (Å²) in [5.41, 5.74) is 2.06. The van der Waals surface area contributed by atoms with Gasteiger partial charge in [-0.1, -0.05) is 30.9 Å². The summed E-state index contributed by atoms with van der Waals surface area (Å²) in [6.07, 6.45) is 6.94. The molecule has 1 N–H and O–H groups in total. The van der Waals surface area contributed by atoms with Gasteiger partial charge in [0, 0.05) is 19.1 Å². The first-order valence-electron chi connectivity index (χ1n) is 7.58. The van der Waals surface area contributed by atoms with E-state index in [-0.39, 0.29) is 0 Å². The minimum Gasteiger partial charge on any atom is -0.308 e. The van der Waals surface area contributed by atoms with Crippen LogP contribution in [0.3, 0.4) is 0 Å². The number of rotatable bonds is 5. The molecule has 1 aliphatic rings. The highest BCUT2D eigenvalue weighted by Gasteiger charge is 2.20. The molecule has 2 rings (SSSR count). The summed E-state index contributed by atoms with van der Waals surface area (Å²) in [7, 11) is 0. The lowest BCUT2D eigenvalue weighted by atomic mass is 9.84. The maximum atomic E-state index is 6.34. The van der Waals surface area contributed by atoms with Crippen LogP contribution in [0.2, 0.25) is 5.02 Å². The van der Waals surface area contributed by atoms with Gasteiger partial charge < -0.3 is 5.32 Å². The Morgan fingerprint density at radius 2 is 2.05 bits per heavy atom. The number of hydrogen-bond donors (Lipinski definition) is 1. The molecule has 0 bridgehead atoms. The number of hydrogen-bond acceptors (Lipinski definition) is 2. The maximum Gasteiger partial charge on any atom is 0.0860 e. The predicted molar refractivity (Wildman–Crippen MR) is 80.5 cm³/mol. The van der Waals surface area contributed by atoms with Gasteiger partial charge in [-0.15, -0.1) is 0 Å². The molecular formula is C15H26ClN3. The van der Waals surface area contributed by atoms with Gasteiger partial charge in [-0.25, -0.2) is 0 Å². The molecule has 0 spiro atoms. The van der Waals surface area contributed by atoms with Crippen LogP contribution in [-0.2, 0) is 13.1 Å². The van der Waals surface area contributed by atoms with Gasteiger partial charge in [-0.2, -0.15) is 5.10 Å². The van der Waals surface area contributed by atoms with Crippen molar-refractivity contribution in [2.24, 2.45) is 5.92 Å². The Balaban J connectivity index is 1.94. The van der Waals surface area contributed by atoms with E-state index in [1.807, 2.05) is 11.6 Å². The number of aromatic nitrogens is 2. The van der Waals surface area contributed by atoms with Crippen LogP contribution in [-0.4, -0.2) is 15.8 Å². The van der Waals surface area contributed by atoms with Crippen molar-refractivity contribution in [1.29, 1.82) is 0 Å². The molecule has 108 valence electrons. The molecular weight excluding hydrogens is 258 g/mol. The molecule has 0 unspecified atom stereocenters. The molecule has 1 atom stereocenters. The fourth-order valence-electron chi connectivity index (χ4n) is 3.10. The van der Waals surface area contributed by atoms with Crippen LogP contribution in [0.1, 0.15) is 57.3 Å². The van der Waals surface area contributed by atoms with Gasteiger partial charge in [0.15, 0.2) is 0 Å².